The van der Waals surface area contributed by atoms with Crippen LogP contribution in [0.4, 0.5) is 17.6 Å². The van der Waals surface area contributed by atoms with Crippen molar-refractivity contribution in [1.29, 1.82) is 0 Å². The van der Waals surface area contributed by atoms with Crippen LogP contribution in [0.1, 0.15) is 31.2 Å². The molecule has 1 fully saturated rings. The Hall–Kier alpha value is -0.810. The Morgan fingerprint density at radius 2 is 1.81 bits per heavy atom. The average molecular weight is 324 g/mol. The van der Waals surface area contributed by atoms with Crippen molar-refractivity contribution in [2.24, 2.45) is 17.6 Å². The van der Waals surface area contributed by atoms with E-state index in [1.54, 1.807) is 6.07 Å². The molecule has 1 aromatic rings. The summed E-state index contributed by atoms with van der Waals surface area (Å²) in [5.41, 5.74) is 6.81. The van der Waals surface area contributed by atoms with Gasteiger partial charge in [-0.15, -0.1) is 0 Å². The first-order chi connectivity index (χ1) is 9.77. The molecule has 0 amide bonds. The summed E-state index contributed by atoms with van der Waals surface area (Å²) in [5.74, 6) is -1.64. The molecule has 0 aromatic heterocycles. The van der Waals surface area contributed by atoms with Gasteiger partial charge in [0.05, 0.1) is 10.9 Å². The smallest absolute Gasteiger partial charge is 0.327 e. The molecule has 1 atom stereocenters. The van der Waals surface area contributed by atoms with Crippen LogP contribution in [-0.4, -0.2) is 12.2 Å². The van der Waals surface area contributed by atoms with Crippen molar-refractivity contribution >= 4 is 11.6 Å². The fraction of sp³-hybridized carbons (Fsp3) is 0.600. The van der Waals surface area contributed by atoms with Gasteiger partial charge < -0.3 is 5.73 Å². The summed E-state index contributed by atoms with van der Waals surface area (Å²) >= 11 is 5.61. The third-order valence-corrected chi connectivity index (χ3v) is 4.60. The molecular formula is C15H18ClF4N. The lowest BCUT2D eigenvalue weighted by molar-refractivity contribution is -0.184. The van der Waals surface area contributed by atoms with E-state index in [-0.39, 0.29) is 29.8 Å². The molecule has 0 spiro atoms. The molecule has 1 aliphatic rings. The number of alkyl halides is 3. The lowest BCUT2D eigenvalue weighted by atomic mass is 9.77. The highest BCUT2D eigenvalue weighted by molar-refractivity contribution is 6.30. The second-order valence-electron chi connectivity index (χ2n) is 5.77. The Morgan fingerprint density at radius 3 is 2.33 bits per heavy atom. The summed E-state index contributed by atoms with van der Waals surface area (Å²) in [6.45, 7) is 0. The highest BCUT2D eigenvalue weighted by Crippen LogP contribution is 2.40. The highest BCUT2D eigenvalue weighted by Gasteiger charge is 2.42. The van der Waals surface area contributed by atoms with E-state index in [1.165, 1.54) is 12.1 Å². The predicted molar refractivity (Wildman–Crippen MR) is 74.6 cm³/mol. The first-order valence-corrected chi connectivity index (χ1v) is 7.41. The van der Waals surface area contributed by atoms with Gasteiger partial charge in [-0.2, -0.15) is 13.2 Å². The number of rotatable bonds is 3. The van der Waals surface area contributed by atoms with Crippen LogP contribution in [0.3, 0.4) is 0 Å². The largest absolute Gasteiger partial charge is 0.391 e. The van der Waals surface area contributed by atoms with Crippen LogP contribution >= 0.6 is 11.6 Å². The first kappa shape index (κ1) is 16.6. The third-order valence-electron chi connectivity index (χ3n) is 4.30. The van der Waals surface area contributed by atoms with Gasteiger partial charge in [0.1, 0.15) is 5.82 Å². The van der Waals surface area contributed by atoms with E-state index in [4.69, 9.17) is 17.3 Å². The Kier molecular flexibility index (Phi) is 5.15. The zero-order valence-electron chi connectivity index (χ0n) is 11.5. The van der Waals surface area contributed by atoms with Crippen LogP contribution in [0, 0.1) is 17.7 Å². The van der Waals surface area contributed by atoms with Crippen molar-refractivity contribution in [3.8, 4) is 0 Å². The third kappa shape index (κ3) is 4.33. The molecule has 0 aliphatic heterocycles. The molecule has 0 radical (unpaired) electrons. The van der Waals surface area contributed by atoms with Gasteiger partial charge in [-0.3, -0.25) is 0 Å². The molecule has 0 bridgehead atoms. The maximum absolute atomic E-state index is 13.4. The molecule has 1 nitrogen and oxygen atoms in total. The van der Waals surface area contributed by atoms with Crippen molar-refractivity contribution in [2.45, 2.75) is 44.3 Å². The molecule has 0 heterocycles. The van der Waals surface area contributed by atoms with Crippen molar-refractivity contribution < 1.29 is 17.6 Å². The summed E-state index contributed by atoms with van der Waals surface area (Å²) in [7, 11) is 0. The fourth-order valence-corrected chi connectivity index (χ4v) is 3.10. The molecule has 2 N–H and O–H groups in total. The van der Waals surface area contributed by atoms with Crippen LogP contribution < -0.4 is 5.73 Å². The number of nitrogens with two attached hydrogens (primary N) is 1. The summed E-state index contributed by atoms with van der Waals surface area (Å²) in [4.78, 5) is 0. The summed E-state index contributed by atoms with van der Waals surface area (Å²) < 4.78 is 51.2. The quantitative estimate of drug-likeness (QED) is 0.800. The van der Waals surface area contributed by atoms with Crippen LogP contribution in [0.2, 0.25) is 5.02 Å². The minimum atomic E-state index is -4.10. The molecule has 6 heteroatoms. The van der Waals surface area contributed by atoms with Crippen LogP contribution in [-0.2, 0) is 6.42 Å². The normalized spacial score (nSPS) is 24.9. The molecule has 21 heavy (non-hydrogen) atoms. The number of halogens is 5. The molecule has 1 unspecified atom stereocenters. The second kappa shape index (κ2) is 6.53. The summed E-state index contributed by atoms with van der Waals surface area (Å²) in [5, 5.41) is 0.0537. The van der Waals surface area contributed by atoms with Crippen molar-refractivity contribution in [3.05, 3.63) is 34.6 Å². The molecule has 1 aliphatic carbocycles. The van der Waals surface area contributed by atoms with Gasteiger partial charge in [0.25, 0.3) is 0 Å². The van der Waals surface area contributed by atoms with Crippen LogP contribution in [0.25, 0.3) is 0 Å². The van der Waals surface area contributed by atoms with E-state index >= 15 is 0 Å². The van der Waals surface area contributed by atoms with Gasteiger partial charge in [0, 0.05) is 6.04 Å². The zero-order chi connectivity index (χ0) is 15.6. The Balaban J connectivity index is 1.90. The highest BCUT2D eigenvalue weighted by atomic mass is 35.5. The van der Waals surface area contributed by atoms with E-state index in [2.05, 4.69) is 0 Å². The number of hydrogen-bond donors (Lipinski definition) is 1. The van der Waals surface area contributed by atoms with Gasteiger partial charge >= 0.3 is 6.18 Å². The van der Waals surface area contributed by atoms with Gasteiger partial charge in [-0.05, 0) is 55.7 Å². The Bertz CT molecular complexity index is 481. The Labute approximate surface area is 126 Å². The minimum Gasteiger partial charge on any atom is -0.327 e. The van der Waals surface area contributed by atoms with Crippen molar-refractivity contribution in [1.82, 2.24) is 0 Å². The van der Waals surface area contributed by atoms with Crippen molar-refractivity contribution in [2.75, 3.05) is 0 Å². The van der Waals surface area contributed by atoms with E-state index < -0.39 is 17.9 Å². The SMILES string of the molecule is NC(Cc1ccc(Cl)c(F)c1)C1CCC(C(F)(F)F)CC1. The van der Waals surface area contributed by atoms with E-state index in [1.807, 2.05) is 0 Å². The second-order valence-corrected chi connectivity index (χ2v) is 6.18. The Morgan fingerprint density at radius 1 is 1.19 bits per heavy atom. The maximum Gasteiger partial charge on any atom is 0.391 e. The van der Waals surface area contributed by atoms with Crippen molar-refractivity contribution in [3.63, 3.8) is 0 Å². The van der Waals surface area contributed by atoms with Gasteiger partial charge in [0.2, 0.25) is 0 Å². The molecule has 0 saturated heterocycles. The minimum absolute atomic E-state index is 0.0537. The van der Waals surface area contributed by atoms with E-state index in [9.17, 15) is 17.6 Å². The van der Waals surface area contributed by atoms with Gasteiger partial charge in [-0.1, -0.05) is 17.7 Å². The monoisotopic (exact) mass is 323 g/mol. The topological polar surface area (TPSA) is 26.0 Å². The average Bonchev–Trinajstić information content (AvgIpc) is 2.42. The lowest BCUT2D eigenvalue weighted by Crippen LogP contribution is -2.37. The van der Waals surface area contributed by atoms with Gasteiger partial charge in [0.15, 0.2) is 0 Å². The first-order valence-electron chi connectivity index (χ1n) is 7.03. The van der Waals surface area contributed by atoms with Crippen LogP contribution in [0.5, 0.6) is 0 Å². The summed E-state index contributed by atoms with van der Waals surface area (Å²) in [6, 6.07) is 4.26. The van der Waals surface area contributed by atoms with E-state index in [0.717, 1.165) is 5.56 Å². The van der Waals surface area contributed by atoms with E-state index in [0.29, 0.717) is 19.3 Å². The zero-order valence-corrected chi connectivity index (χ0v) is 12.2. The fourth-order valence-electron chi connectivity index (χ4n) is 2.98. The lowest BCUT2D eigenvalue weighted by Gasteiger charge is -2.33. The number of hydrogen-bond acceptors (Lipinski definition) is 1. The molecule has 1 aromatic carbocycles. The molecule has 118 valence electrons. The molecule has 1 saturated carbocycles. The number of benzene rings is 1. The predicted octanol–water partition coefficient (Wildman–Crippen LogP) is 4.72. The van der Waals surface area contributed by atoms with Crippen LogP contribution in [0.15, 0.2) is 18.2 Å². The van der Waals surface area contributed by atoms with Gasteiger partial charge in [-0.25, -0.2) is 4.39 Å². The molecular weight excluding hydrogens is 306 g/mol. The maximum atomic E-state index is 13.4. The molecule has 2 rings (SSSR count). The summed E-state index contributed by atoms with van der Waals surface area (Å²) in [6.07, 6.45) is -2.43. The standard InChI is InChI=1S/C15H18ClF4N/c16-12-6-1-9(7-13(12)17)8-14(21)10-2-4-11(5-3-10)15(18,19)20/h1,6-7,10-11,14H,2-5,8,21H2.